The molecular weight excluding hydrogens is 723 g/mol. The van der Waals surface area contributed by atoms with Crippen LogP contribution in [0.1, 0.15) is 32.3 Å². The highest BCUT2D eigenvalue weighted by Gasteiger charge is 2.44. The molecule has 2 aromatic heterocycles. The highest BCUT2D eigenvalue weighted by molar-refractivity contribution is 7.91. The number of imide groups is 1. The van der Waals surface area contributed by atoms with Gasteiger partial charge in [0.1, 0.15) is 50.8 Å². The number of carbonyl (C=O) groups excluding carboxylic acids is 3. The molecule has 17 heteroatoms. The van der Waals surface area contributed by atoms with E-state index in [4.69, 9.17) is 4.74 Å². The van der Waals surface area contributed by atoms with Crippen LogP contribution in [0.5, 0.6) is 11.5 Å². The molecule has 4 aromatic rings. The van der Waals surface area contributed by atoms with Crippen molar-refractivity contribution in [2.75, 3.05) is 46.3 Å². The quantitative estimate of drug-likeness (QED) is 0.192. The van der Waals surface area contributed by atoms with Gasteiger partial charge in [0.05, 0.1) is 16.5 Å². The summed E-state index contributed by atoms with van der Waals surface area (Å²) < 4.78 is 58.7. The number of nitriles is 1. The topological polar surface area (TPSA) is 178 Å². The summed E-state index contributed by atoms with van der Waals surface area (Å²) in [4.78, 5) is 52.9. The number of amides is 4. The Kier molecular flexibility index (Phi) is 10.8. The summed E-state index contributed by atoms with van der Waals surface area (Å²) in [6.45, 7) is 4.11. The lowest BCUT2D eigenvalue weighted by Gasteiger charge is -2.39. The second kappa shape index (κ2) is 15.4. The number of aromatic nitrogens is 2. The van der Waals surface area contributed by atoms with E-state index in [1.807, 2.05) is 4.90 Å². The van der Waals surface area contributed by atoms with Crippen LogP contribution < -0.4 is 25.2 Å². The van der Waals surface area contributed by atoms with Gasteiger partial charge in [-0.05, 0) is 81.3 Å². The van der Waals surface area contributed by atoms with Crippen molar-refractivity contribution in [3.63, 3.8) is 0 Å². The van der Waals surface area contributed by atoms with Crippen molar-refractivity contribution in [2.24, 2.45) is 5.92 Å². The van der Waals surface area contributed by atoms with E-state index in [1.165, 1.54) is 53.8 Å². The van der Waals surface area contributed by atoms with Crippen LogP contribution in [-0.2, 0) is 19.4 Å². The average molecular weight is 759 g/mol. The van der Waals surface area contributed by atoms with E-state index >= 15 is 4.39 Å². The number of pyridine rings is 2. The molecule has 0 bridgehead atoms. The Labute approximate surface area is 310 Å². The average Bonchev–Trinajstić information content (AvgIpc) is 3.13. The molecule has 2 aliphatic heterocycles. The van der Waals surface area contributed by atoms with Gasteiger partial charge in [-0.15, -0.1) is 0 Å². The molecule has 280 valence electrons. The summed E-state index contributed by atoms with van der Waals surface area (Å²) in [5, 5.41) is 14.9. The van der Waals surface area contributed by atoms with Gasteiger partial charge < -0.3 is 25.2 Å². The molecule has 2 N–H and O–H groups in total. The lowest BCUT2D eigenvalue weighted by Crippen LogP contribution is -2.61. The van der Waals surface area contributed by atoms with Crippen molar-refractivity contribution in [1.82, 2.24) is 14.9 Å². The maximum Gasteiger partial charge on any atom is 0.331 e. The maximum atomic E-state index is 15.3. The molecule has 2 saturated heterocycles. The predicted molar refractivity (Wildman–Crippen MR) is 196 cm³/mol. The number of urea groups is 1. The van der Waals surface area contributed by atoms with Crippen molar-refractivity contribution in [2.45, 2.75) is 38.0 Å². The van der Waals surface area contributed by atoms with Crippen LogP contribution in [0, 0.1) is 28.9 Å². The van der Waals surface area contributed by atoms with Crippen LogP contribution in [0.3, 0.4) is 0 Å². The number of piperidine rings is 1. The molecule has 0 aliphatic carbocycles. The van der Waals surface area contributed by atoms with E-state index < -0.39 is 50.5 Å². The first-order valence-corrected chi connectivity index (χ1v) is 18.9. The van der Waals surface area contributed by atoms with E-state index in [1.54, 1.807) is 26.0 Å². The van der Waals surface area contributed by atoms with E-state index in [-0.39, 0.29) is 35.5 Å². The zero-order valence-electron chi connectivity index (χ0n) is 29.5. The van der Waals surface area contributed by atoms with Crippen molar-refractivity contribution in [1.29, 1.82) is 5.26 Å². The summed E-state index contributed by atoms with van der Waals surface area (Å²) in [5.41, 5.74) is 0.487. The molecule has 2 fully saturated rings. The fourth-order valence-corrected chi connectivity index (χ4v) is 7.29. The highest BCUT2D eigenvalue weighted by Crippen LogP contribution is 2.31. The zero-order valence-corrected chi connectivity index (χ0v) is 30.3. The second-order valence-corrected chi connectivity index (χ2v) is 15.5. The minimum atomic E-state index is -3.17. The second-order valence-electron chi connectivity index (χ2n) is 13.2. The lowest BCUT2D eigenvalue weighted by atomic mass is 10.0. The van der Waals surface area contributed by atoms with Gasteiger partial charge in [-0.2, -0.15) is 5.26 Å². The van der Waals surface area contributed by atoms with Crippen LogP contribution >= 0.6 is 0 Å². The molecule has 0 radical (unpaired) electrons. The predicted octanol–water partition coefficient (Wildman–Crippen LogP) is 5.61. The third-order valence-electron chi connectivity index (χ3n) is 9.12. The summed E-state index contributed by atoms with van der Waals surface area (Å²) in [7, 11) is -3.17. The SMILES string of the molecule is CC(C)N1CC(C(=O)Nc2ccc(Oc3ccnc(Nc4ccc(C#N)c(N5CCC(S(C)(=O)=O)CC5)n4)c3)c(F)c2)C(=O)N(c2ccc(F)cc2)C1=O. The maximum absolute atomic E-state index is 15.3. The Balaban J connectivity index is 1.12. The van der Waals surface area contributed by atoms with E-state index in [9.17, 15) is 32.5 Å². The highest BCUT2D eigenvalue weighted by atomic mass is 32.2. The van der Waals surface area contributed by atoms with Crippen LogP contribution in [0.4, 0.5) is 42.4 Å². The van der Waals surface area contributed by atoms with Gasteiger partial charge in [0, 0.05) is 55.9 Å². The molecule has 0 spiro atoms. The summed E-state index contributed by atoms with van der Waals surface area (Å²) in [6, 6.07) is 15.8. The number of hydrogen-bond donors (Lipinski definition) is 2. The minimum Gasteiger partial charge on any atom is -0.454 e. The smallest absolute Gasteiger partial charge is 0.331 e. The molecule has 6 rings (SSSR count). The van der Waals surface area contributed by atoms with Gasteiger partial charge in [0.15, 0.2) is 11.6 Å². The Morgan fingerprint density at radius 2 is 1.72 bits per heavy atom. The van der Waals surface area contributed by atoms with Crippen molar-refractivity contribution in [3.8, 4) is 17.6 Å². The number of anilines is 5. The van der Waals surface area contributed by atoms with Gasteiger partial charge in [-0.3, -0.25) is 9.59 Å². The number of nitrogens with one attached hydrogen (secondary N) is 2. The van der Waals surface area contributed by atoms with Crippen molar-refractivity contribution in [3.05, 3.63) is 90.1 Å². The number of halogens is 2. The van der Waals surface area contributed by atoms with Gasteiger partial charge in [-0.1, -0.05) is 0 Å². The van der Waals surface area contributed by atoms with E-state index in [0.717, 1.165) is 23.1 Å². The number of hydrogen-bond acceptors (Lipinski definition) is 11. The van der Waals surface area contributed by atoms with Crippen molar-refractivity contribution >= 4 is 56.5 Å². The normalized spacial score (nSPS) is 16.7. The standard InChI is InChI=1S/C37H36F2N8O6S/c1-22(2)46-21-29(36(49)47(37(46)50)26-8-5-24(38)6-9-26)35(48)42-25-7-10-31(30(39)18-25)53-27-12-15-41-33(19-27)43-32-11-4-23(20-40)34(44-32)45-16-13-28(14-17-45)54(3,51)52/h4-12,15,18-19,22,28-29H,13-14,16-17,21H2,1-3H3,(H,42,48)(H,41,43,44). The fraction of sp³-hybridized carbons (Fsp3) is 0.297. The first kappa shape index (κ1) is 37.6. The summed E-state index contributed by atoms with van der Waals surface area (Å²) >= 11 is 0. The van der Waals surface area contributed by atoms with Crippen LogP contribution in [0.15, 0.2) is 72.9 Å². The largest absolute Gasteiger partial charge is 0.454 e. The van der Waals surface area contributed by atoms with E-state index in [2.05, 4.69) is 26.7 Å². The zero-order chi connectivity index (χ0) is 38.7. The number of sulfone groups is 1. The first-order chi connectivity index (χ1) is 25.7. The van der Waals surface area contributed by atoms with Gasteiger partial charge >= 0.3 is 6.03 Å². The number of benzene rings is 2. The van der Waals surface area contributed by atoms with E-state index in [0.29, 0.717) is 48.9 Å². The molecule has 1 unspecified atom stereocenters. The van der Waals surface area contributed by atoms with Gasteiger partial charge in [0.2, 0.25) is 11.8 Å². The Bertz CT molecular complexity index is 2240. The van der Waals surface area contributed by atoms with Crippen LogP contribution in [-0.4, -0.2) is 78.3 Å². The van der Waals surface area contributed by atoms with Crippen LogP contribution in [0.2, 0.25) is 0 Å². The molecule has 2 aliphatic rings. The Morgan fingerprint density at radius 3 is 2.37 bits per heavy atom. The monoisotopic (exact) mass is 758 g/mol. The molecule has 0 saturated carbocycles. The minimum absolute atomic E-state index is 0.0410. The molecule has 2 aromatic carbocycles. The lowest BCUT2D eigenvalue weighted by molar-refractivity contribution is -0.132. The number of ether oxygens (including phenoxy) is 1. The molecule has 54 heavy (non-hydrogen) atoms. The molecule has 4 amide bonds. The fourth-order valence-electron chi connectivity index (χ4n) is 6.22. The number of nitrogens with zero attached hydrogens (tertiary/aromatic N) is 6. The molecular formula is C37H36F2N8O6S. The Hall–Kier alpha value is -6.15. The third kappa shape index (κ3) is 8.23. The summed E-state index contributed by atoms with van der Waals surface area (Å²) in [6.07, 6.45) is 3.51. The third-order valence-corrected chi connectivity index (χ3v) is 10.8. The van der Waals surface area contributed by atoms with Gasteiger partial charge in [-0.25, -0.2) is 36.9 Å². The Morgan fingerprint density at radius 1 is 1.00 bits per heavy atom. The molecule has 14 nitrogen and oxygen atoms in total. The number of carbonyl (C=O) groups is 3. The first-order valence-electron chi connectivity index (χ1n) is 17.0. The van der Waals surface area contributed by atoms with Crippen LogP contribution in [0.25, 0.3) is 0 Å². The van der Waals surface area contributed by atoms with Gasteiger partial charge in [0.25, 0.3) is 0 Å². The molecule has 1 atom stereocenters. The number of rotatable bonds is 10. The molecule has 4 heterocycles. The van der Waals surface area contributed by atoms with Crippen molar-refractivity contribution < 1.29 is 36.3 Å². The summed E-state index contributed by atoms with van der Waals surface area (Å²) in [5.74, 6) is -3.14.